The molecule has 0 atom stereocenters. The van der Waals surface area contributed by atoms with Crippen molar-refractivity contribution in [3.63, 3.8) is 0 Å². The number of ether oxygens (including phenoxy) is 1. The number of hydrogen-bond acceptors (Lipinski definition) is 5. The number of para-hydroxylation sites is 1. The topological polar surface area (TPSA) is 103 Å². The molecule has 1 aromatic heterocycles. The highest BCUT2D eigenvalue weighted by Gasteiger charge is 2.22. The summed E-state index contributed by atoms with van der Waals surface area (Å²) in [7, 11) is 1.49. The van der Waals surface area contributed by atoms with E-state index in [0.29, 0.717) is 35.1 Å². The Kier molecular flexibility index (Phi) is 7.51. The van der Waals surface area contributed by atoms with E-state index in [4.69, 9.17) is 16.3 Å². The van der Waals surface area contributed by atoms with Crippen molar-refractivity contribution >= 4 is 40.0 Å². The van der Waals surface area contributed by atoms with Crippen LogP contribution in [-0.2, 0) is 35.6 Å². The van der Waals surface area contributed by atoms with Gasteiger partial charge in [-0.2, -0.15) is 0 Å². The molecule has 9 nitrogen and oxygen atoms in total. The van der Waals surface area contributed by atoms with Crippen molar-refractivity contribution < 1.29 is 14.3 Å². The third kappa shape index (κ3) is 5.44. The van der Waals surface area contributed by atoms with Crippen LogP contribution in [0.25, 0.3) is 10.9 Å². The molecule has 0 bridgehead atoms. The van der Waals surface area contributed by atoms with E-state index in [0.717, 1.165) is 16.6 Å². The van der Waals surface area contributed by atoms with E-state index in [1.165, 1.54) is 17.2 Å². The summed E-state index contributed by atoms with van der Waals surface area (Å²) in [5.41, 5.74) is 1.96. The number of fused-ring (bicyclic) bond motifs is 2. The molecule has 200 valence electrons. The van der Waals surface area contributed by atoms with Gasteiger partial charge in [-0.1, -0.05) is 48.0 Å². The van der Waals surface area contributed by atoms with Gasteiger partial charge in [0.05, 0.1) is 23.0 Å². The Morgan fingerprint density at radius 2 is 1.72 bits per heavy atom. The molecule has 1 aliphatic heterocycles. The van der Waals surface area contributed by atoms with Gasteiger partial charge in [-0.05, 0) is 47.9 Å². The molecule has 1 N–H and O–H groups in total. The first-order valence-corrected chi connectivity index (χ1v) is 12.9. The highest BCUT2D eigenvalue weighted by molar-refractivity contribution is 6.32. The van der Waals surface area contributed by atoms with E-state index in [9.17, 15) is 19.2 Å². The monoisotopic (exact) mass is 546 g/mol. The van der Waals surface area contributed by atoms with E-state index in [-0.39, 0.29) is 30.8 Å². The number of hydrogen-bond donors (Lipinski definition) is 1. The van der Waals surface area contributed by atoms with E-state index >= 15 is 0 Å². The van der Waals surface area contributed by atoms with Crippen LogP contribution in [0.3, 0.4) is 0 Å². The summed E-state index contributed by atoms with van der Waals surface area (Å²) < 4.78 is 7.42. The molecule has 5 rings (SSSR count). The minimum absolute atomic E-state index is 0.00774. The number of methoxy groups -OCH3 is 1. The number of aromatic nitrogens is 2. The molecule has 3 aromatic carbocycles. The molecular formula is C29H27ClN4O5. The first-order valence-electron chi connectivity index (χ1n) is 12.6. The Labute approximate surface area is 229 Å². The quantitative estimate of drug-likeness (QED) is 0.382. The molecule has 0 saturated carbocycles. The SMILES string of the molecule is COc1ccc(NC(=O)Cn2c(=O)n(CCC(=O)N3CCc4ccccc4C3)c(=O)c3ccccc32)cc1Cl. The van der Waals surface area contributed by atoms with Crippen molar-refractivity contribution in [3.05, 3.63) is 104 Å². The standard InChI is InChI=1S/C29H27ClN4O5/c1-39-25-11-10-21(16-23(25)30)31-26(35)18-34-24-9-5-4-8-22(24)28(37)33(29(34)38)15-13-27(36)32-14-12-19-6-2-3-7-20(19)17-32/h2-11,16H,12-15,17-18H2,1H3,(H,31,35). The third-order valence-electron chi connectivity index (χ3n) is 6.90. The van der Waals surface area contributed by atoms with Crippen LogP contribution in [0.5, 0.6) is 5.75 Å². The zero-order valence-corrected chi connectivity index (χ0v) is 22.1. The Hall–Kier alpha value is -4.37. The van der Waals surface area contributed by atoms with Crippen LogP contribution in [0.1, 0.15) is 17.5 Å². The van der Waals surface area contributed by atoms with Gasteiger partial charge in [-0.15, -0.1) is 0 Å². The van der Waals surface area contributed by atoms with Crippen LogP contribution < -0.4 is 21.3 Å². The number of amides is 2. The number of carbonyl (C=O) groups is 2. The summed E-state index contributed by atoms with van der Waals surface area (Å²) in [6.45, 7) is 0.666. The van der Waals surface area contributed by atoms with E-state index in [1.54, 1.807) is 47.4 Å². The Morgan fingerprint density at radius 3 is 2.49 bits per heavy atom. The molecule has 2 heterocycles. The van der Waals surface area contributed by atoms with Crippen LogP contribution >= 0.6 is 11.6 Å². The summed E-state index contributed by atoms with van der Waals surface area (Å²) in [4.78, 5) is 54.4. The van der Waals surface area contributed by atoms with E-state index < -0.39 is 17.2 Å². The molecule has 2 amide bonds. The van der Waals surface area contributed by atoms with E-state index in [2.05, 4.69) is 11.4 Å². The molecule has 4 aromatic rings. The third-order valence-corrected chi connectivity index (χ3v) is 7.20. The summed E-state index contributed by atoms with van der Waals surface area (Å²) in [6, 6.07) is 19.4. The molecule has 0 fully saturated rings. The maximum atomic E-state index is 13.5. The zero-order valence-electron chi connectivity index (χ0n) is 21.4. The number of anilines is 1. The van der Waals surface area contributed by atoms with Gasteiger partial charge in [0.15, 0.2) is 0 Å². The summed E-state index contributed by atoms with van der Waals surface area (Å²) in [5.74, 6) is -0.145. The second-order valence-electron chi connectivity index (χ2n) is 9.32. The minimum Gasteiger partial charge on any atom is -0.495 e. The molecular weight excluding hydrogens is 520 g/mol. The smallest absolute Gasteiger partial charge is 0.331 e. The summed E-state index contributed by atoms with van der Waals surface area (Å²) in [5, 5.41) is 3.34. The lowest BCUT2D eigenvalue weighted by atomic mass is 10.00. The van der Waals surface area contributed by atoms with Gasteiger partial charge in [0, 0.05) is 31.7 Å². The number of rotatable bonds is 7. The maximum absolute atomic E-state index is 13.5. The normalized spacial score (nSPS) is 12.7. The van der Waals surface area contributed by atoms with Gasteiger partial charge in [0.25, 0.3) is 5.56 Å². The first-order chi connectivity index (χ1) is 18.9. The fourth-order valence-corrected chi connectivity index (χ4v) is 5.14. The van der Waals surface area contributed by atoms with Crippen LogP contribution in [0.4, 0.5) is 5.69 Å². The van der Waals surface area contributed by atoms with Crippen LogP contribution in [0.2, 0.25) is 5.02 Å². The van der Waals surface area contributed by atoms with E-state index in [1.807, 2.05) is 18.2 Å². The Balaban J connectivity index is 1.37. The number of carbonyl (C=O) groups excluding carboxylic acids is 2. The lowest BCUT2D eigenvalue weighted by Crippen LogP contribution is -2.43. The van der Waals surface area contributed by atoms with Gasteiger partial charge in [0.1, 0.15) is 12.3 Å². The fraction of sp³-hybridized carbons (Fsp3) is 0.241. The van der Waals surface area contributed by atoms with Crippen molar-refractivity contribution in [1.82, 2.24) is 14.0 Å². The lowest BCUT2D eigenvalue weighted by Gasteiger charge is -2.29. The van der Waals surface area contributed by atoms with Crippen LogP contribution in [0.15, 0.2) is 76.3 Å². The average Bonchev–Trinajstić information content (AvgIpc) is 2.95. The molecule has 0 aliphatic carbocycles. The summed E-state index contributed by atoms with van der Waals surface area (Å²) in [6.07, 6.45) is 0.755. The number of nitrogens with one attached hydrogen (secondary N) is 1. The molecule has 10 heteroatoms. The lowest BCUT2D eigenvalue weighted by molar-refractivity contribution is -0.132. The first kappa shape index (κ1) is 26.2. The van der Waals surface area contributed by atoms with Gasteiger partial charge in [-0.25, -0.2) is 4.79 Å². The largest absolute Gasteiger partial charge is 0.495 e. The second-order valence-corrected chi connectivity index (χ2v) is 9.73. The number of benzene rings is 3. The predicted octanol–water partition coefficient (Wildman–Crippen LogP) is 3.44. The van der Waals surface area contributed by atoms with Gasteiger partial charge in [-0.3, -0.25) is 23.5 Å². The fourth-order valence-electron chi connectivity index (χ4n) is 4.88. The van der Waals surface area contributed by atoms with Crippen molar-refractivity contribution in [3.8, 4) is 5.75 Å². The van der Waals surface area contributed by atoms with Gasteiger partial charge in [0.2, 0.25) is 11.8 Å². The number of halogens is 1. The minimum atomic E-state index is -0.654. The molecule has 0 saturated heterocycles. The number of nitrogens with zero attached hydrogens (tertiary/aromatic N) is 3. The van der Waals surface area contributed by atoms with Crippen molar-refractivity contribution in [2.75, 3.05) is 19.0 Å². The van der Waals surface area contributed by atoms with Crippen molar-refractivity contribution in [2.45, 2.75) is 32.5 Å². The average molecular weight is 547 g/mol. The molecule has 0 spiro atoms. The van der Waals surface area contributed by atoms with Crippen LogP contribution in [0, 0.1) is 0 Å². The van der Waals surface area contributed by atoms with Gasteiger partial charge < -0.3 is 15.0 Å². The molecule has 0 radical (unpaired) electrons. The molecule has 39 heavy (non-hydrogen) atoms. The Bertz CT molecular complexity index is 1690. The van der Waals surface area contributed by atoms with Crippen molar-refractivity contribution in [1.29, 1.82) is 0 Å². The van der Waals surface area contributed by atoms with Crippen LogP contribution in [-0.4, -0.2) is 39.5 Å². The highest BCUT2D eigenvalue weighted by Crippen LogP contribution is 2.27. The predicted molar refractivity (Wildman–Crippen MR) is 149 cm³/mol. The van der Waals surface area contributed by atoms with Crippen molar-refractivity contribution in [2.24, 2.45) is 0 Å². The summed E-state index contributed by atoms with van der Waals surface area (Å²) >= 11 is 6.16. The molecule has 1 aliphatic rings. The Morgan fingerprint density at radius 1 is 0.974 bits per heavy atom. The molecule has 0 unspecified atom stereocenters. The zero-order chi connectivity index (χ0) is 27.5. The van der Waals surface area contributed by atoms with Gasteiger partial charge >= 0.3 is 5.69 Å². The highest BCUT2D eigenvalue weighted by atomic mass is 35.5. The maximum Gasteiger partial charge on any atom is 0.331 e. The second kappa shape index (κ2) is 11.2.